The summed E-state index contributed by atoms with van der Waals surface area (Å²) in [6.45, 7) is 2.60. The van der Waals surface area contributed by atoms with E-state index >= 15 is 0 Å². The first kappa shape index (κ1) is 27.9. The van der Waals surface area contributed by atoms with Crippen LogP contribution in [0.5, 0.6) is 0 Å². The second-order valence-electron chi connectivity index (χ2n) is 10.5. The number of aryl methyl sites for hydroxylation is 1. The van der Waals surface area contributed by atoms with Crippen LogP contribution in [-0.2, 0) is 11.8 Å². The van der Waals surface area contributed by atoms with Gasteiger partial charge in [0.15, 0.2) is 0 Å². The van der Waals surface area contributed by atoms with Crippen molar-refractivity contribution in [2.75, 3.05) is 18.5 Å². The Labute approximate surface area is 238 Å². The van der Waals surface area contributed by atoms with E-state index in [2.05, 4.69) is 20.3 Å². The van der Waals surface area contributed by atoms with Crippen LogP contribution in [0.2, 0.25) is 0 Å². The van der Waals surface area contributed by atoms with Gasteiger partial charge in [-0.15, -0.1) is 0 Å². The molecular weight excluding hydrogens is 518 g/mol. The van der Waals surface area contributed by atoms with Gasteiger partial charge in [-0.05, 0) is 54.8 Å². The normalized spacial score (nSPS) is 13.7. The van der Waals surface area contributed by atoms with Gasteiger partial charge in [-0.2, -0.15) is 0 Å². The molecule has 1 amide bonds. The number of carboxylic acid groups (broad SMARTS) is 1. The first-order valence-electron chi connectivity index (χ1n) is 13.7. The minimum Gasteiger partial charge on any atom is -0.480 e. The largest absolute Gasteiger partial charge is 0.480 e. The molecular formula is C31H35N7O3. The third kappa shape index (κ3) is 5.92. The highest BCUT2D eigenvalue weighted by molar-refractivity contribution is 5.96. The van der Waals surface area contributed by atoms with Crippen LogP contribution in [0.15, 0.2) is 72.8 Å². The molecule has 0 aliphatic carbocycles. The molecule has 5 N–H and O–H groups in total. The number of aliphatic carboxylic acids is 1. The predicted molar refractivity (Wildman–Crippen MR) is 160 cm³/mol. The highest BCUT2D eigenvalue weighted by atomic mass is 16.4. The van der Waals surface area contributed by atoms with Gasteiger partial charge < -0.3 is 30.6 Å². The fourth-order valence-corrected chi connectivity index (χ4v) is 5.11. The second-order valence-corrected chi connectivity index (χ2v) is 10.5. The number of nitrogens with one attached hydrogen (secondary N) is 2. The van der Waals surface area contributed by atoms with Crippen molar-refractivity contribution in [1.82, 2.24) is 24.8 Å². The summed E-state index contributed by atoms with van der Waals surface area (Å²) in [4.78, 5) is 39.5. The molecule has 41 heavy (non-hydrogen) atoms. The lowest BCUT2D eigenvalue weighted by atomic mass is 9.94. The Morgan fingerprint density at radius 3 is 2.39 bits per heavy atom. The molecule has 3 atom stereocenters. The van der Waals surface area contributed by atoms with Crippen LogP contribution >= 0.6 is 0 Å². The molecule has 5 rings (SSSR count). The Kier molecular flexibility index (Phi) is 8.02. The molecule has 10 heteroatoms. The number of anilines is 1. The van der Waals surface area contributed by atoms with Crippen molar-refractivity contribution in [3.63, 3.8) is 0 Å². The topological polar surface area (TPSA) is 142 Å². The summed E-state index contributed by atoms with van der Waals surface area (Å²) >= 11 is 0. The van der Waals surface area contributed by atoms with Gasteiger partial charge in [-0.25, -0.2) is 14.8 Å². The number of aromatic nitrogens is 4. The molecule has 0 fully saturated rings. The van der Waals surface area contributed by atoms with Gasteiger partial charge in [0.25, 0.3) is 5.91 Å². The molecule has 0 aliphatic heterocycles. The molecule has 0 aliphatic rings. The molecule has 0 saturated carbocycles. The van der Waals surface area contributed by atoms with Crippen molar-refractivity contribution in [3.05, 3.63) is 89.7 Å². The molecule has 2 heterocycles. The quantitative estimate of drug-likeness (QED) is 0.190. The maximum atomic E-state index is 12.9. The van der Waals surface area contributed by atoms with E-state index in [-0.39, 0.29) is 18.4 Å². The smallest absolute Gasteiger partial charge is 0.326 e. The molecule has 212 valence electrons. The SMILES string of the molecule is CC(c1nc2ccccc2[nH]1)C(N)c1ccc(C(=O)N[C@@H](CCCN(C)c2nc3ccccc3n2C)C(=O)O)cc1. The van der Waals surface area contributed by atoms with Crippen LogP contribution in [0.4, 0.5) is 5.95 Å². The van der Waals surface area contributed by atoms with Crippen molar-refractivity contribution in [2.24, 2.45) is 12.8 Å². The fourth-order valence-electron chi connectivity index (χ4n) is 5.11. The van der Waals surface area contributed by atoms with Gasteiger partial charge in [-0.1, -0.05) is 43.3 Å². The lowest BCUT2D eigenvalue weighted by Crippen LogP contribution is -2.41. The van der Waals surface area contributed by atoms with Crippen LogP contribution in [-0.4, -0.2) is 56.1 Å². The minimum absolute atomic E-state index is 0.0826. The molecule has 5 aromatic rings. The lowest BCUT2D eigenvalue weighted by molar-refractivity contribution is -0.139. The molecule has 0 bridgehead atoms. The van der Waals surface area contributed by atoms with E-state index in [9.17, 15) is 14.7 Å². The summed E-state index contributed by atoms with van der Waals surface area (Å²) < 4.78 is 2.01. The lowest BCUT2D eigenvalue weighted by Gasteiger charge is -2.20. The number of para-hydroxylation sites is 4. The Balaban J connectivity index is 1.17. The third-order valence-corrected chi connectivity index (χ3v) is 7.63. The van der Waals surface area contributed by atoms with Crippen molar-refractivity contribution in [2.45, 2.75) is 37.8 Å². The van der Waals surface area contributed by atoms with Gasteiger partial charge >= 0.3 is 5.97 Å². The van der Waals surface area contributed by atoms with Crippen molar-refractivity contribution < 1.29 is 14.7 Å². The summed E-state index contributed by atoms with van der Waals surface area (Å²) in [7, 11) is 3.88. The van der Waals surface area contributed by atoms with E-state index in [4.69, 9.17) is 5.73 Å². The number of aromatic amines is 1. The number of hydrogen-bond donors (Lipinski definition) is 4. The highest BCUT2D eigenvalue weighted by Gasteiger charge is 2.23. The van der Waals surface area contributed by atoms with Crippen LogP contribution in [0, 0.1) is 0 Å². The van der Waals surface area contributed by atoms with Gasteiger partial charge in [0, 0.05) is 38.2 Å². The second kappa shape index (κ2) is 11.8. The number of carbonyl (C=O) groups is 2. The van der Waals surface area contributed by atoms with E-state index in [1.54, 1.807) is 24.3 Å². The Hall–Kier alpha value is -4.70. The van der Waals surface area contributed by atoms with E-state index in [1.807, 2.05) is 79.0 Å². The number of carbonyl (C=O) groups excluding carboxylic acids is 1. The van der Waals surface area contributed by atoms with Crippen molar-refractivity contribution in [3.8, 4) is 0 Å². The maximum absolute atomic E-state index is 12.9. The summed E-state index contributed by atoms with van der Waals surface area (Å²) in [5.74, 6) is 0.0102. The number of fused-ring (bicyclic) bond motifs is 2. The van der Waals surface area contributed by atoms with E-state index in [0.29, 0.717) is 18.5 Å². The van der Waals surface area contributed by atoms with Crippen LogP contribution in [0.3, 0.4) is 0 Å². The molecule has 2 aromatic heterocycles. The fraction of sp³-hybridized carbons (Fsp3) is 0.290. The number of hydrogen-bond acceptors (Lipinski definition) is 6. The molecule has 0 spiro atoms. The minimum atomic E-state index is -1.07. The highest BCUT2D eigenvalue weighted by Crippen LogP contribution is 2.28. The standard InChI is InChI=1S/C31H35N7O3/c1-19(28-33-22-9-4-5-10-23(22)34-28)27(32)20-14-16-21(17-15-20)29(39)35-25(30(40)41)12-8-18-37(2)31-36-24-11-6-7-13-26(24)38(31)3/h4-7,9-11,13-17,19,25,27H,8,12,18,32H2,1-3H3,(H,33,34)(H,35,39)(H,40,41)/t19?,25-,27?/m0/s1. The summed E-state index contributed by atoms with van der Waals surface area (Å²) in [5, 5.41) is 12.4. The predicted octanol–water partition coefficient (Wildman–Crippen LogP) is 4.35. The first-order valence-corrected chi connectivity index (χ1v) is 13.7. The Morgan fingerprint density at radius 1 is 1.02 bits per heavy atom. The van der Waals surface area contributed by atoms with Gasteiger partial charge in [0.2, 0.25) is 5.95 Å². The van der Waals surface area contributed by atoms with Crippen LogP contribution < -0.4 is 16.0 Å². The monoisotopic (exact) mass is 553 g/mol. The third-order valence-electron chi connectivity index (χ3n) is 7.63. The van der Waals surface area contributed by atoms with Gasteiger partial charge in [0.05, 0.1) is 22.1 Å². The zero-order valence-electron chi connectivity index (χ0n) is 23.4. The van der Waals surface area contributed by atoms with Gasteiger partial charge in [0.1, 0.15) is 11.9 Å². The number of benzene rings is 3. The zero-order valence-corrected chi connectivity index (χ0v) is 23.4. The number of amides is 1. The average Bonchev–Trinajstić information content (AvgIpc) is 3.57. The number of nitrogens with zero attached hydrogens (tertiary/aromatic N) is 4. The number of nitrogens with two attached hydrogens (primary N) is 1. The van der Waals surface area contributed by atoms with Crippen LogP contribution in [0.1, 0.15) is 53.5 Å². The number of rotatable bonds is 11. The number of imidazole rings is 2. The van der Waals surface area contributed by atoms with Crippen LogP contribution in [0.25, 0.3) is 22.1 Å². The van der Waals surface area contributed by atoms with Crippen molar-refractivity contribution >= 4 is 39.9 Å². The molecule has 3 aromatic carbocycles. The van der Waals surface area contributed by atoms with Gasteiger partial charge in [-0.3, -0.25) is 4.79 Å². The van der Waals surface area contributed by atoms with Crippen molar-refractivity contribution in [1.29, 1.82) is 0 Å². The molecule has 2 unspecified atom stereocenters. The molecule has 0 radical (unpaired) electrons. The maximum Gasteiger partial charge on any atom is 0.326 e. The number of carboxylic acids is 1. The van der Waals surface area contributed by atoms with E-state index < -0.39 is 17.9 Å². The summed E-state index contributed by atoms with van der Waals surface area (Å²) in [6, 6.07) is 21.3. The summed E-state index contributed by atoms with van der Waals surface area (Å²) in [5.41, 5.74) is 11.6. The first-order chi connectivity index (χ1) is 19.7. The average molecular weight is 554 g/mol. The Morgan fingerprint density at radius 2 is 1.71 bits per heavy atom. The zero-order chi connectivity index (χ0) is 29.1. The van der Waals surface area contributed by atoms with E-state index in [1.165, 1.54) is 0 Å². The molecule has 0 saturated heterocycles. The van der Waals surface area contributed by atoms with E-state index in [0.717, 1.165) is 39.4 Å². The Bertz CT molecular complexity index is 1640. The number of H-pyrrole nitrogens is 1. The summed E-state index contributed by atoms with van der Waals surface area (Å²) in [6.07, 6.45) is 0.845. The molecule has 10 nitrogen and oxygen atoms in total.